The van der Waals surface area contributed by atoms with Crippen molar-refractivity contribution in [2.75, 3.05) is 13.6 Å². The van der Waals surface area contributed by atoms with Crippen LogP contribution < -0.4 is 16.4 Å². The van der Waals surface area contributed by atoms with Gasteiger partial charge in [-0.05, 0) is 37.6 Å². The van der Waals surface area contributed by atoms with Crippen LogP contribution in [0.15, 0.2) is 30.4 Å². The number of thiazole rings is 1. The largest absolute Gasteiger partial charge is 0.351 e. The third kappa shape index (κ3) is 12.5. The van der Waals surface area contributed by atoms with Crippen molar-refractivity contribution in [2.24, 2.45) is 11.7 Å². The number of carbonyl (C=O) groups is 3. The second-order valence-electron chi connectivity index (χ2n) is 7.53. The number of benzene rings is 1. The van der Waals surface area contributed by atoms with E-state index in [1.165, 1.54) is 18.4 Å². The van der Waals surface area contributed by atoms with E-state index in [2.05, 4.69) is 27.9 Å². The Balaban J connectivity index is 0.00000146. The number of rotatable bonds is 11. The van der Waals surface area contributed by atoms with Crippen molar-refractivity contribution < 1.29 is 14.4 Å². The standard InChI is InChI=1S/C20H23ClN4O2S.C4H8O.CH5N/c1-4-12(2)16(11-23-20(27)13(3)10-22)24-18(26)7-8-19-25-15-6-5-14(21)9-17(15)28-19;1-2-3-4-5;1-2/h5-6,9,12,16H,3-4,7-8,11H2,1-2H3,(H,23,27)(H,24,26);4H,2-3H2,1H3;2H2,1H3. The fourth-order valence-corrected chi connectivity index (χ4v) is 3.95. The number of aromatic nitrogens is 1. The number of unbranched alkanes of at least 4 members (excludes halogenated alkanes) is 1. The summed E-state index contributed by atoms with van der Waals surface area (Å²) in [5.74, 6) is -0.446. The predicted octanol–water partition coefficient (Wildman–Crippen LogP) is 4.17. The fraction of sp³-hybridized carbons (Fsp3) is 0.480. The minimum Gasteiger partial charge on any atom is -0.351 e. The number of hydrogen-bond donors (Lipinski definition) is 3. The van der Waals surface area contributed by atoms with Gasteiger partial charge >= 0.3 is 0 Å². The molecule has 0 saturated carbocycles. The summed E-state index contributed by atoms with van der Waals surface area (Å²) in [5.41, 5.74) is 5.23. The first-order chi connectivity index (χ1) is 16.7. The molecule has 1 aromatic carbocycles. The van der Waals surface area contributed by atoms with E-state index in [0.29, 0.717) is 24.3 Å². The Bertz CT molecular complexity index is 1000. The highest BCUT2D eigenvalue weighted by molar-refractivity contribution is 7.18. The van der Waals surface area contributed by atoms with Crippen molar-refractivity contribution >= 4 is 51.3 Å². The minimum atomic E-state index is -0.516. The number of nitrogens with one attached hydrogen (secondary N) is 2. The Kier molecular flexibility index (Phi) is 17.0. The Labute approximate surface area is 216 Å². The van der Waals surface area contributed by atoms with Crippen LogP contribution in [0.1, 0.15) is 51.5 Å². The van der Waals surface area contributed by atoms with E-state index in [1.54, 1.807) is 12.1 Å². The molecule has 2 rings (SSSR count). The molecule has 0 aliphatic heterocycles. The summed E-state index contributed by atoms with van der Waals surface area (Å²) in [6, 6.07) is 7.03. The second-order valence-corrected chi connectivity index (χ2v) is 9.09. The summed E-state index contributed by atoms with van der Waals surface area (Å²) >= 11 is 7.53. The van der Waals surface area contributed by atoms with Crippen LogP contribution in [-0.2, 0) is 20.8 Å². The molecular weight excluding hydrogens is 486 g/mol. The first kappa shape index (κ1) is 32.2. The van der Waals surface area contributed by atoms with Gasteiger partial charge in [0.15, 0.2) is 0 Å². The molecule has 2 aromatic rings. The van der Waals surface area contributed by atoms with Crippen LogP contribution in [0.3, 0.4) is 0 Å². The Morgan fingerprint density at radius 3 is 2.57 bits per heavy atom. The van der Waals surface area contributed by atoms with E-state index in [-0.39, 0.29) is 30.0 Å². The molecule has 0 aliphatic carbocycles. The number of nitrogens with zero attached hydrogens (tertiary/aromatic N) is 2. The van der Waals surface area contributed by atoms with Crippen molar-refractivity contribution in [3.05, 3.63) is 40.4 Å². The molecule has 0 fully saturated rings. The number of carbonyl (C=O) groups excluding carboxylic acids is 3. The molecule has 10 heteroatoms. The molecule has 1 heterocycles. The van der Waals surface area contributed by atoms with Gasteiger partial charge in [0.2, 0.25) is 5.91 Å². The zero-order valence-corrected chi connectivity index (χ0v) is 22.5. The van der Waals surface area contributed by atoms with Gasteiger partial charge < -0.3 is 21.2 Å². The summed E-state index contributed by atoms with van der Waals surface area (Å²) in [4.78, 5) is 38.1. The van der Waals surface area contributed by atoms with Crippen molar-refractivity contribution in [2.45, 2.75) is 58.9 Å². The number of aldehydes is 1. The van der Waals surface area contributed by atoms with Gasteiger partial charge in [-0.3, -0.25) is 9.59 Å². The van der Waals surface area contributed by atoms with Gasteiger partial charge in [0, 0.05) is 36.9 Å². The topological polar surface area (TPSA) is 138 Å². The highest BCUT2D eigenvalue weighted by atomic mass is 35.5. The number of nitrogens with two attached hydrogens (primary N) is 1. The first-order valence-electron chi connectivity index (χ1n) is 11.5. The summed E-state index contributed by atoms with van der Waals surface area (Å²) < 4.78 is 1.00. The number of nitriles is 1. The van der Waals surface area contributed by atoms with Crippen LogP contribution in [0.2, 0.25) is 5.02 Å². The quantitative estimate of drug-likeness (QED) is 0.230. The van der Waals surface area contributed by atoms with Gasteiger partial charge in [-0.15, -0.1) is 11.3 Å². The van der Waals surface area contributed by atoms with Gasteiger partial charge in [-0.25, -0.2) is 4.98 Å². The van der Waals surface area contributed by atoms with Crippen LogP contribution in [0.25, 0.3) is 10.2 Å². The van der Waals surface area contributed by atoms with E-state index < -0.39 is 5.91 Å². The number of halogens is 1. The van der Waals surface area contributed by atoms with Crippen LogP contribution in [-0.4, -0.2) is 42.7 Å². The van der Waals surface area contributed by atoms with Crippen LogP contribution in [0.4, 0.5) is 0 Å². The molecule has 1 aromatic heterocycles. The predicted molar refractivity (Wildman–Crippen MR) is 143 cm³/mol. The Morgan fingerprint density at radius 1 is 1.34 bits per heavy atom. The Hall–Kier alpha value is -2.80. The molecule has 0 spiro atoms. The minimum absolute atomic E-state index is 0.101. The maximum absolute atomic E-state index is 12.4. The third-order valence-electron chi connectivity index (χ3n) is 4.94. The lowest BCUT2D eigenvalue weighted by Crippen LogP contribution is -2.47. The highest BCUT2D eigenvalue weighted by Gasteiger charge is 2.20. The monoisotopic (exact) mass is 521 g/mol. The molecule has 192 valence electrons. The van der Waals surface area contributed by atoms with Gasteiger partial charge in [-0.2, -0.15) is 5.26 Å². The average Bonchev–Trinajstić information content (AvgIpc) is 3.28. The zero-order valence-electron chi connectivity index (χ0n) is 20.9. The van der Waals surface area contributed by atoms with Crippen molar-refractivity contribution in [3.8, 4) is 6.07 Å². The van der Waals surface area contributed by atoms with Crippen molar-refractivity contribution in [1.29, 1.82) is 5.26 Å². The molecule has 0 radical (unpaired) electrons. The van der Waals surface area contributed by atoms with E-state index in [9.17, 15) is 14.4 Å². The first-order valence-corrected chi connectivity index (χ1v) is 12.7. The molecule has 0 saturated heterocycles. The molecule has 2 atom stereocenters. The van der Waals surface area contributed by atoms with Gasteiger partial charge in [0.1, 0.15) is 17.9 Å². The third-order valence-corrected chi connectivity index (χ3v) is 6.25. The second kappa shape index (κ2) is 18.5. The number of aryl methyl sites for hydroxylation is 1. The molecular formula is C25H36ClN5O3S. The summed E-state index contributed by atoms with van der Waals surface area (Å²) in [7, 11) is 1.50. The van der Waals surface area contributed by atoms with Crippen molar-refractivity contribution in [3.63, 3.8) is 0 Å². The van der Waals surface area contributed by atoms with E-state index in [1.807, 2.05) is 32.9 Å². The van der Waals surface area contributed by atoms with E-state index >= 15 is 0 Å². The maximum atomic E-state index is 12.4. The maximum Gasteiger partial charge on any atom is 0.261 e. The van der Waals surface area contributed by atoms with Crippen molar-refractivity contribution in [1.82, 2.24) is 15.6 Å². The summed E-state index contributed by atoms with van der Waals surface area (Å²) in [6.45, 7) is 9.65. The van der Waals surface area contributed by atoms with E-state index in [0.717, 1.165) is 34.4 Å². The molecule has 2 unspecified atom stereocenters. The zero-order chi connectivity index (χ0) is 26.8. The highest BCUT2D eigenvalue weighted by Crippen LogP contribution is 2.25. The van der Waals surface area contributed by atoms with Crippen LogP contribution in [0, 0.1) is 17.2 Å². The van der Waals surface area contributed by atoms with E-state index in [4.69, 9.17) is 16.9 Å². The number of fused-ring (bicyclic) bond motifs is 1. The summed E-state index contributed by atoms with van der Waals surface area (Å²) in [6.07, 6.45) is 4.30. The van der Waals surface area contributed by atoms with Gasteiger partial charge in [-0.1, -0.05) is 45.4 Å². The molecule has 8 nitrogen and oxygen atoms in total. The van der Waals surface area contributed by atoms with Gasteiger partial charge in [0.25, 0.3) is 5.91 Å². The Morgan fingerprint density at radius 2 is 2.03 bits per heavy atom. The average molecular weight is 522 g/mol. The number of hydrogen-bond acceptors (Lipinski definition) is 7. The molecule has 0 aliphatic rings. The smallest absolute Gasteiger partial charge is 0.261 e. The SMILES string of the molecule is C=C(C#N)C(=O)NCC(NC(=O)CCc1nc2ccc(Cl)cc2s1)C(C)CC.CCCC=O.CN. The fourth-order valence-electron chi connectivity index (χ4n) is 2.71. The van der Waals surface area contributed by atoms with Crippen LogP contribution >= 0.6 is 22.9 Å². The lowest BCUT2D eigenvalue weighted by molar-refractivity contribution is -0.123. The number of amides is 2. The van der Waals surface area contributed by atoms with Gasteiger partial charge in [0.05, 0.1) is 15.2 Å². The molecule has 4 N–H and O–H groups in total. The lowest BCUT2D eigenvalue weighted by Gasteiger charge is -2.24. The molecule has 35 heavy (non-hydrogen) atoms. The van der Waals surface area contributed by atoms with Crippen LogP contribution in [0.5, 0.6) is 0 Å². The summed E-state index contributed by atoms with van der Waals surface area (Å²) in [5, 5.41) is 15.9. The molecule has 2 amide bonds. The molecule has 0 bridgehead atoms. The lowest BCUT2D eigenvalue weighted by atomic mass is 9.98. The normalized spacial score (nSPS) is 11.5.